The van der Waals surface area contributed by atoms with Crippen LogP contribution in [0, 0.1) is 5.92 Å². The first-order chi connectivity index (χ1) is 15.2. The smallest absolute Gasteiger partial charge is 0.268 e. The average molecular weight is 442 g/mol. The maximum Gasteiger partial charge on any atom is 0.268 e. The lowest BCUT2D eigenvalue weighted by molar-refractivity contribution is -0.138. The van der Waals surface area contributed by atoms with E-state index < -0.39 is 30.0 Å². The lowest BCUT2D eigenvalue weighted by Gasteiger charge is -2.24. The van der Waals surface area contributed by atoms with Gasteiger partial charge in [-0.25, -0.2) is 5.48 Å². The number of benzene rings is 2. The highest BCUT2D eigenvalue weighted by Crippen LogP contribution is 2.19. The number of aliphatic hydroxyl groups excluding tert-OH is 1. The Balaban J connectivity index is 2.04. The monoisotopic (exact) mass is 441 g/mol. The molecule has 2 aromatic carbocycles. The summed E-state index contributed by atoms with van der Waals surface area (Å²) >= 11 is 0. The van der Waals surface area contributed by atoms with Crippen LogP contribution in [-0.4, -0.2) is 46.2 Å². The lowest BCUT2D eigenvalue weighted by atomic mass is 10.0. The summed E-state index contributed by atoms with van der Waals surface area (Å²) < 4.78 is 0. The van der Waals surface area contributed by atoms with E-state index in [0.717, 1.165) is 16.7 Å². The van der Waals surface area contributed by atoms with Gasteiger partial charge in [-0.2, -0.15) is 0 Å². The standard InChI is InChI=1S/C24H31N3O5/c1-15(2)13-20(23(30)26-22(16(3)28)24(31)27-32)25-21(29)14-17-9-11-19(12-10-17)18-7-5-4-6-8-18/h4-12,15-16,20,22,28,32H,13-14H2,1-3H3,(H,25,29)(H,26,30)(H,27,31)/t16-,20+,22?/m1/s1. The second-order valence-electron chi connectivity index (χ2n) is 8.19. The molecule has 3 atom stereocenters. The Kier molecular flexibility index (Phi) is 9.37. The van der Waals surface area contributed by atoms with Crippen LogP contribution in [-0.2, 0) is 20.8 Å². The van der Waals surface area contributed by atoms with E-state index in [9.17, 15) is 19.5 Å². The van der Waals surface area contributed by atoms with Crippen LogP contribution in [0.4, 0.5) is 0 Å². The van der Waals surface area contributed by atoms with Crippen molar-refractivity contribution >= 4 is 17.7 Å². The van der Waals surface area contributed by atoms with Gasteiger partial charge in [-0.15, -0.1) is 0 Å². The third-order valence-corrected chi connectivity index (χ3v) is 4.96. The first kappa shape index (κ1) is 25.0. The number of amides is 3. The molecule has 2 rings (SSSR count). The van der Waals surface area contributed by atoms with E-state index in [1.807, 2.05) is 68.4 Å². The molecule has 0 bridgehead atoms. The molecular weight excluding hydrogens is 410 g/mol. The second kappa shape index (κ2) is 12.0. The van der Waals surface area contributed by atoms with Gasteiger partial charge in [0.2, 0.25) is 11.8 Å². The molecule has 32 heavy (non-hydrogen) atoms. The van der Waals surface area contributed by atoms with Crippen LogP contribution in [0.1, 0.15) is 32.8 Å². The Labute approximate surface area is 188 Å². The van der Waals surface area contributed by atoms with Gasteiger partial charge in [-0.3, -0.25) is 19.6 Å². The van der Waals surface area contributed by atoms with E-state index in [1.54, 1.807) is 0 Å². The SMILES string of the molecule is CC(C)C[C@H](NC(=O)Cc1ccc(-c2ccccc2)cc1)C(=O)NC(C(=O)NO)[C@@H](C)O. The van der Waals surface area contributed by atoms with Gasteiger partial charge in [0.1, 0.15) is 12.1 Å². The molecule has 0 spiro atoms. The van der Waals surface area contributed by atoms with Gasteiger partial charge in [-0.05, 0) is 36.0 Å². The van der Waals surface area contributed by atoms with E-state index in [0.29, 0.717) is 6.42 Å². The zero-order valence-corrected chi connectivity index (χ0v) is 18.5. The maximum absolute atomic E-state index is 12.7. The third-order valence-electron chi connectivity index (χ3n) is 4.96. The first-order valence-electron chi connectivity index (χ1n) is 10.6. The molecule has 0 fully saturated rings. The van der Waals surface area contributed by atoms with Gasteiger partial charge >= 0.3 is 0 Å². The Morgan fingerprint density at radius 1 is 0.844 bits per heavy atom. The quantitative estimate of drug-likeness (QED) is 0.284. The predicted molar refractivity (Wildman–Crippen MR) is 121 cm³/mol. The van der Waals surface area contributed by atoms with Crippen molar-refractivity contribution in [1.29, 1.82) is 0 Å². The van der Waals surface area contributed by atoms with Crippen molar-refractivity contribution < 1.29 is 24.7 Å². The molecule has 0 aliphatic carbocycles. The number of aliphatic hydroxyl groups is 1. The van der Waals surface area contributed by atoms with Gasteiger partial charge < -0.3 is 15.7 Å². The summed E-state index contributed by atoms with van der Waals surface area (Å²) in [7, 11) is 0. The summed E-state index contributed by atoms with van der Waals surface area (Å²) in [5, 5.41) is 23.7. The fraction of sp³-hybridized carbons (Fsp3) is 0.375. The minimum Gasteiger partial charge on any atom is -0.391 e. The minimum absolute atomic E-state index is 0.0906. The molecule has 0 aromatic heterocycles. The molecular formula is C24H31N3O5. The summed E-state index contributed by atoms with van der Waals surface area (Å²) in [5.74, 6) is -1.80. The molecule has 8 heteroatoms. The molecule has 3 amide bonds. The molecule has 2 aromatic rings. The van der Waals surface area contributed by atoms with E-state index in [1.165, 1.54) is 12.4 Å². The summed E-state index contributed by atoms with van der Waals surface area (Å²) in [6.45, 7) is 5.12. The highest BCUT2D eigenvalue weighted by atomic mass is 16.5. The molecule has 0 aliphatic rings. The van der Waals surface area contributed by atoms with Crippen LogP contribution in [0.15, 0.2) is 54.6 Å². The van der Waals surface area contributed by atoms with Crippen molar-refractivity contribution in [3.05, 3.63) is 60.2 Å². The molecule has 1 unspecified atom stereocenters. The topological polar surface area (TPSA) is 128 Å². The number of rotatable bonds is 10. The molecule has 0 heterocycles. The second-order valence-corrected chi connectivity index (χ2v) is 8.19. The fourth-order valence-corrected chi connectivity index (χ4v) is 3.31. The van der Waals surface area contributed by atoms with Crippen molar-refractivity contribution in [1.82, 2.24) is 16.1 Å². The van der Waals surface area contributed by atoms with Gasteiger partial charge in [0.05, 0.1) is 12.5 Å². The normalized spacial score (nSPS) is 13.7. The third kappa shape index (κ3) is 7.47. The number of hydroxylamine groups is 1. The Bertz CT molecular complexity index is 898. The number of hydrogen-bond acceptors (Lipinski definition) is 5. The summed E-state index contributed by atoms with van der Waals surface area (Å²) in [6.07, 6.45) is -0.796. The molecule has 0 aliphatic heterocycles. The van der Waals surface area contributed by atoms with Crippen molar-refractivity contribution in [3.8, 4) is 11.1 Å². The summed E-state index contributed by atoms with van der Waals surface area (Å²) in [4.78, 5) is 37.0. The zero-order valence-electron chi connectivity index (χ0n) is 18.5. The number of nitrogens with one attached hydrogen (secondary N) is 3. The van der Waals surface area contributed by atoms with Crippen LogP contribution >= 0.6 is 0 Å². The van der Waals surface area contributed by atoms with Gasteiger partial charge in [0.25, 0.3) is 5.91 Å². The fourth-order valence-electron chi connectivity index (χ4n) is 3.31. The molecule has 0 saturated carbocycles. The van der Waals surface area contributed by atoms with Crippen LogP contribution in [0.5, 0.6) is 0 Å². The summed E-state index contributed by atoms with van der Waals surface area (Å²) in [5.41, 5.74) is 4.34. The number of carbonyl (C=O) groups excluding carboxylic acids is 3. The van der Waals surface area contributed by atoms with Crippen molar-refractivity contribution in [2.75, 3.05) is 0 Å². The summed E-state index contributed by atoms with van der Waals surface area (Å²) in [6, 6.07) is 15.3. The maximum atomic E-state index is 12.7. The van der Waals surface area contributed by atoms with Crippen molar-refractivity contribution in [2.24, 2.45) is 5.92 Å². The highest BCUT2D eigenvalue weighted by molar-refractivity contribution is 5.92. The van der Waals surface area contributed by atoms with E-state index in [4.69, 9.17) is 5.21 Å². The number of carbonyl (C=O) groups is 3. The van der Waals surface area contributed by atoms with Crippen LogP contribution in [0.3, 0.4) is 0 Å². The molecule has 0 radical (unpaired) electrons. The molecule has 8 nitrogen and oxygen atoms in total. The van der Waals surface area contributed by atoms with E-state index in [2.05, 4.69) is 10.6 Å². The molecule has 5 N–H and O–H groups in total. The predicted octanol–water partition coefficient (Wildman–Crippen LogP) is 1.80. The van der Waals surface area contributed by atoms with Crippen LogP contribution in [0.25, 0.3) is 11.1 Å². The lowest BCUT2D eigenvalue weighted by Crippen LogP contribution is -2.57. The van der Waals surface area contributed by atoms with Crippen LogP contribution in [0.2, 0.25) is 0 Å². The van der Waals surface area contributed by atoms with Gasteiger partial charge in [0.15, 0.2) is 0 Å². The number of hydrogen-bond donors (Lipinski definition) is 5. The van der Waals surface area contributed by atoms with Gasteiger partial charge in [-0.1, -0.05) is 68.4 Å². The first-order valence-corrected chi connectivity index (χ1v) is 10.6. The Morgan fingerprint density at radius 3 is 1.97 bits per heavy atom. The zero-order chi connectivity index (χ0) is 23.7. The molecule has 0 saturated heterocycles. The Hall–Kier alpha value is -3.23. The van der Waals surface area contributed by atoms with Crippen molar-refractivity contribution in [3.63, 3.8) is 0 Å². The van der Waals surface area contributed by atoms with Crippen molar-refractivity contribution in [2.45, 2.75) is 51.8 Å². The average Bonchev–Trinajstić information content (AvgIpc) is 2.76. The molecule has 172 valence electrons. The Morgan fingerprint density at radius 2 is 1.44 bits per heavy atom. The van der Waals surface area contributed by atoms with E-state index >= 15 is 0 Å². The minimum atomic E-state index is -1.34. The highest BCUT2D eigenvalue weighted by Gasteiger charge is 2.30. The largest absolute Gasteiger partial charge is 0.391 e. The van der Waals surface area contributed by atoms with E-state index in [-0.39, 0.29) is 18.2 Å². The van der Waals surface area contributed by atoms with Gasteiger partial charge in [0, 0.05) is 0 Å². The van der Waals surface area contributed by atoms with Crippen LogP contribution < -0.4 is 16.1 Å².